The molecule has 0 radical (unpaired) electrons. The van der Waals surface area contributed by atoms with Crippen molar-refractivity contribution in [3.63, 3.8) is 0 Å². The Morgan fingerprint density at radius 2 is 1.49 bits per heavy atom. The minimum Gasteiger partial charge on any atom is -0.334 e. The Hall–Kier alpha value is -3.20. The van der Waals surface area contributed by atoms with Crippen LogP contribution < -0.4 is 5.32 Å². The summed E-state index contributed by atoms with van der Waals surface area (Å²) in [5.74, 6) is -0.895. The van der Waals surface area contributed by atoms with Crippen molar-refractivity contribution in [1.29, 1.82) is 0 Å². The second-order valence-corrected chi connectivity index (χ2v) is 11.8. The summed E-state index contributed by atoms with van der Waals surface area (Å²) in [6, 6.07) is 16.9. The van der Waals surface area contributed by atoms with Crippen LogP contribution in [-0.2, 0) is 25.0 Å². The number of hydrogen-bond acceptors (Lipinski definition) is 5. The van der Waals surface area contributed by atoms with Gasteiger partial charge in [-0.2, -0.15) is 0 Å². The topological polar surface area (TPSA) is 104 Å². The third-order valence-corrected chi connectivity index (χ3v) is 9.17. The quantitative estimate of drug-likeness (QED) is 0.620. The van der Waals surface area contributed by atoms with Crippen LogP contribution >= 0.6 is 0 Å². The van der Waals surface area contributed by atoms with Crippen LogP contribution in [0.2, 0.25) is 0 Å². The number of benzene rings is 2. The van der Waals surface area contributed by atoms with E-state index in [9.17, 15) is 22.8 Å². The molecule has 0 unspecified atom stereocenters. The van der Waals surface area contributed by atoms with Crippen molar-refractivity contribution in [3.8, 4) is 0 Å². The molecule has 3 aliphatic rings. The molecule has 2 heterocycles. The van der Waals surface area contributed by atoms with Crippen LogP contribution in [0.15, 0.2) is 60.7 Å². The molecule has 2 aromatic rings. The summed E-state index contributed by atoms with van der Waals surface area (Å²) in [5.41, 5.74) is -0.225. The number of nitrogens with one attached hydrogen (secondary N) is 1. The first-order valence-electron chi connectivity index (χ1n) is 12.1. The molecule has 1 atom stereocenters. The molecule has 184 valence electrons. The van der Waals surface area contributed by atoms with E-state index in [2.05, 4.69) is 5.32 Å². The molecule has 5 rings (SSSR count). The number of hydrogen-bond donors (Lipinski definition) is 1. The first-order valence-corrected chi connectivity index (χ1v) is 13.9. The Morgan fingerprint density at radius 3 is 2.00 bits per heavy atom. The number of amides is 4. The standard InChI is InChI=1S/C26H29N3O5S/c30-23(29(21-13-7-8-14-21)22-15-16-35(33,34)18-22)17-28-24(31)26(27-25(28)32,19-9-3-1-4-10-19)20-11-5-2-6-12-20/h1-6,9-12,21-22H,7-8,13-18H2,(H,27,32)/t22-/m1/s1. The Bertz CT molecular complexity index is 1190. The van der Waals surface area contributed by atoms with E-state index in [0.717, 1.165) is 30.6 Å². The highest BCUT2D eigenvalue weighted by atomic mass is 32.2. The minimum atomic E-state index is -3.20. The molecule has 0 aromatic heterocycles. The van der Waals surface area contributed by atoms with Crippen LogP contribution in [-0.4, -0.2) is 66.2 Å². The van der Waals surface area contributed by atoms with Crippen molar-refractivity contribution < 1.29 is 22.8 Å². The van der Waals surface area contributed by atoms with Gasteiger partial charge >= 0.3 is 6.03 Å². The molecular formula is C26H29N3O5S. The lowest BCUT2D eigenvalue weighted by Gasteiger charge is -2.35. The van der Waals surface area contributed by atoms with E-state index < -0.39 is 39.9 Å². The van der Waals surface area contributed by atoms with Crippen LogP contribution in [0, 0.1) is 0 Å². The zero-order valence-electron chi connectivity index (χ0n) is 19.4. The van der Waals surface area contributed by atoms with Gasteiger partial charge in [-0.1, -0.05) is 73.5 Å². The smallest absolute Gasteiger partial charge is 0.326 e. The average Bonchev–Trinajstić information content (AvgIpc) is 3.56. The lowest BCUT2D eigenvalue weighted by atomic mass is 9.82. The fourth-order valence-electron chi connectivity index (χ4n) is 5.75. The van der Waals surface area contributed by atoms with E-state index in [1.165, 1.54) is 0 Å². The van der Waals surface area contributed by atoms with Gasteiger partial charge in [-0.25, -0.2) is 13.2 Å². The molecule has 0 bridgehead atoms. The molecule has 8 nitrogen and oxygen atoms in total. The van der Waals surface area contributed by atoms with Crippen molar-refractivity contribution in [2.45, 2.75) is 49.7 Å². The zero-order valence-corrected chi connectivity index (χ0v) is 20.2. The third kappa shape index (κ3) is 4.22. The van der Waals surface area contributed by atoms with E-state index >= 15 is 0 Å². The second-order valence-electron chi connectivity index (χ2n) is 9.60. The van der Waals surface area contributed by atoms with Gasteiger partial charge in [0.15, 0.2) is 15.4 Å². The predicted octanol–water partition coefficient (Wildman–Crippen LogP) is 2.44. The zero-order chi connectivity index (χ0) is 24.6. The van der Waals surface area contributed by atoms with Crippen LogP contribution in [0.4, 0.5) is 4.79 Å². The molecule has 0 spiro atoms. The van der Waals surface area contributed by atoms with Gasteiger partial charge in [-0.15, -0.1) is 0 Å². The predicted molar refractivity (Wildman–Crippen MR) is 130 cm³/mol. The van der Waals surface area contributed by atoms with Gasteiger partial charge in [-0.05, 0) is 30.4 Å². The Kier molecular flexibility index (Phi) is 6.13. The van der Waals surface area contributed by atoms with Crippen LogP contribution in [0.3, 0.4) is 0 Å². The first kappa shape index (κ1) is 23.5. The van der Waals surface area contributed by atoms with Gasteiger partial charge < -0.3 is 10.2 Å². The highest BCUT2D eigenvalue weighted by Crippen LogP contribution is 2.36. The van der Waals surface area contributed by atoms with Gasteiger partial charge in [-0.3, -0.25) is 14.5 Å². The summed E-state index contributed by atoms with van der Waals surface area (Å²) < 4.78 is 24.3. The van der Waals surface area contributed by atoms with E-state index in [4.69, 9.17) is 0 Å². The summed E-state index contributed by atoms with van der Waals surface area (Å²) >= 11 is 0. The Labute approximate surface area is 205 Å². The normalized spacial score (nSPS) is 23.4. The molecule has 1 saturated carbocycles. The maximum Gasteiger partial charge on any atom is 0.326 e. The maximum atomic E-state index is 13.9. The Morgan fingerprint density at radius 1 is 0.914 bits per heavy atom. The van der Waals surface area contributed by atoms with Crippen molar-refractivity contribution >= 4 is 27.7 Å². The van der Waals surface area contributed by atoms with Crippen LogP contribution in [0.25, 0.3) is 0 Å². The Balaban J connectivity index is 1.46. The molecule has 2 aromatic carbocycles. The van der Waals surface area contributed by atoms with Gasteiger partial charge in [0.1, 0.15) is 6.54 Å². The number of sulfone groups is 1. The van der Waals surface area contributed by atoms with Crippen LogP contribution in [0.5, 0.6) is 0 Å². The number of carbonyl (C=O) groups is 3. The number of urea groups is 1. The third-order valence-electron chi connectivity index (χ3n) is 7.42. The highest BCUT2D eigenvalue weighted by Gasteiger charge is 2.54. The molecule has 1 aliphatic carbocycles. The molecule has 9 heteroatoms. The van der Waals surface area contributed by atoms with Crippen molar-refractivity contribution in [3.05, 3.63) is 71.8 Å². The van der Waals surface area contributed by atoms with Crippen molar-refractivity contribution in [2.75, 3.05) is 18.1 Å². The SMILES string of the molecule is O=C1NC(c2ccccc2)(c2ccccc2)C(=O)N1CC(=O)N(C1CCCC1)[C@@H]1CCS(=O)(=O)C1. The summed E-state index contributed by atoms with van der Waals surface area (Å²) in [4.78, 5) is 43.4. The number of rotatable bonds is 6. The van der Waals surface area contributed by atoms with E-state index in [-0.39, 0.29) is 23.5 Å². The minimum absolute atomic E-state index is 0.0580. The monoisotopic (exact) mass is 495 g/mol. The molecule has 35 heavy (non-hydrogen) atoms. The molecular weight excluding hydrogens is 466 g/mol. The summed E-state index contributed by atoms with van der Waals surface area (Å²) in [6.07, 6.45) is 3.95. The summed E-state index contributed by atoms with van der Waals surface area (Å²) in [5, 5.41) is 2.87. The number of carbonyl (C=O) groups excluding carboxylic acids is 3. The molecule has 3 fully saturated rings. The summed E-state index contributed by atoms with van der Waals surface area (Å²) in [6.45, 7) is -0.418. The van der Waals surface area contributed by atoms with E-state index in [1.807, 2.05) is 12.1 Å². The van der Waals surface area contributed by atoms with E-state index in [1.54, 1.807) is 53.4 Å². The maximum absolute atomic E-state index is 13.9. The van der Waals surface area contributed by atoms with Crippen molar-refractivity contribution in [1.82, 2.24) is 15.1 Å². The molecule has 2 aliphatic heterocycles. The summed E-state index contributed by atoms with van der Waals surface area (Å²) in [7, 11) is -3.20. The van der Waals surface area contributed by atoms with Crippen LogP contribution in [0.1, 0.15) is 43.2 Å². The molecule has 4 amide bonds. The first-order chi connectivity index (χ1) is 16.8. The van der Waals surface area contributed by atoms with Crippen molar-refractivity contribution in [2.24, 2.45) is 0 Å². The second kappa shape index (κ2) is 9.11. The largest absolute Gasteiger partial charge is 0.334 e. The highest BCUT2D eigenvalue weighted by molar-refractivity contribution is 7.91. The number of nitrogens with zero attached hydrogens (tertiary/aromatic N) is 2. The fourth-order valence-corrected chi connectivity index (χ4v) is 7.46. The van der Waals surface area contributed by atoms with E-state index in [0.29, 0.717) is 17.5 Å². The molecule has 1 N–H and O–H groups in total. The lowest BCUT2D eigenvalue weighted by molar-refractivity contribution is -0.141. The van der Waals surface area contributed by atoms with Gasteiger partial charge in [0.05, 0.1) is 11.5 Å². The van der Waals surface area contributed by atoms with Gasteiger partial charge in [0.25, 0.3) is 5.91 Å². The fraction of sp³-hybridized carbons (Fsp3) is 0.423. The van der Waals surface area contributed by atoms with Gasteiger partial charge in [0, 0.05) is 12.1 Å². The molecule has 2 saturated heterocycles. The lowest BCUT2D eigenvalue weighted by Crippen LogP contribution is -2.52. The average molecular weight is 496 g/mol. The number of imide groups is 1. The van der Waals surface area contributed by atoms with Gasteiger partial charge in [0.2, 0.25) is 5.91 Å².